The number of benzene rings is 2. The Labute approximate surface area is 171 Å². The molecule has 0 fully saturated rings. The number of fused-ring (bicyclic) bond motifs is 1. The number of nitrogens with one attached hydrogen (secondary N) is 2. The van der Waals surface area contributed by atoms with E-state index in [4.69, 9.17) is 9.47 Å². The molecule has 154 valence electrons. The molecule has 1 aliphatic heterocycles. The highest BCUT2D eigenvalue weighted by Gasteiger charge is 2.39. The first-order valence-corrected chi connectivity index (χ1v) is 9.81. The van der Waals surface area contributed by atoms with Crippen LogP contribution in [0.4, 0.5) is 16.2 Å². The standard InChI is InChI=1S/C22H27N3O4/c1-4-28-19(29-5-2)14-25-18-12-7-6-11-17(18)20(21(25)26)24-22(27)23-16-10-8-9-15(3)13-16/h6-13,19-20H,4-5,14H2,1-3H3,(H2,23,24,27)/t20-/m0/s1. The highest BCUT2D eigenvalue weighted by molar-refractivity contribution is 6.07. The second-order valence-electron chi connectivity index (χ2n) is 6.75. The third kappa shape index (κ3) is 4.93. The number of urea groups is 1. The van der Waals surface area contributed by atoms with Gasteiger partial charge in [0.25, 0.3) is 5.91 Å². The number of rotatable bonds is 8. The van der Waals surface area contributed by atoms with E-state index in [2.05, 4.69) is 10.6 Å². The molecule has 2 aromatic carbocycles. The fourth-order valence-electron chi connectivity index (χ4n) is 3.41. The van der Waals surface area contributed by atoms with Crippen molar-refractivity contribution in [2.45, 2.75) is 33.1 Å². The van der Waals surface area contributed by atoms with Crippen molar-refractivity contribution in [2.75, 3.05) is 30.0 Å². The molecule has 2 N–H and O–H groups in total. The first kappa shape index (κ1) is 20.8. The molecular formula is C22H27N3O4. The van der Waals surface area contributed by atoms with Crippen molar-refractivity contribution in [1.29, 1.82) is 0 Å². The van der Waals surface area contributed by atoms with E-state index >= 15 is 0 Å². The van der Waals surface area contributed by atoms with Crippen LogP contribution in [0.1, 0.15) is 31.0 Å². The first-order valence-electron chi connectivity index (χ1n) is 9.81. The average molecular weight is 397 g/mol. The first-order chi connectivity index (χ1) is 14.0. The minimum absolute atomic E-state index is 0.213. The minimum Gasteiger partial charge on any atom is -0.351 e. The van der Waals surface area contributed by atoms with Crippen LogP contribution in [0.15, 0.2) is 48.5 Å². The fourth-order valence-corrected chi connectivity index (χ4v) is 3.41. The molecule has 1 heterocycles. The Morgan fingerprint density at radius 1 is 1.10 bits per heavy atom. The van der Waals surface area contributed by atoms with Crippen LogP contribution in [-0.4, -0.2) is 38.0 Å². The highest BCUT2D eigenvalue weighted by atomic mass is 16.7. The summed E-state index contributed by atoms with van der Waals surface area (Å²) in [5, 5.41) is 5.58. The van der Waals surface area contributed by atoms with Crippen LogP contribution in [0.25, 0.3) is 0 Å². The monoisotopic (exact) mass is 397 g/mol. The summed E-state index contributed by atoms with van der Waals surface area (Å²) >= 11 is 0. The van der Waals surface area contributed by atoms with Gasteiger partial charge in [0.15, 0.2) is 6.29 Å². The quantitative estimate of drug-likeness (QED) is 0.667. The van der Waals surface area contributed by atoms with E-state index < -0.39 is 18.4 Å². The predicted octanol–water partition coefficient (Wildman–Crippen LogP) is 3.60. The van der Waals surface area contributed by atoms with Gasteiger partial charge in [-0.1, -0.05) is 30.3 Å². The third-order valence-corrected chi connectivity index (χ3v) is 4.64. The van der Waals surface area contributed by atoms with Crippen molar-refractivity contribution in [3.05, 3.63) is 59.7 Å². The van der Waals surface area contributed by atoms with Gasteiger partial charge in [-0.25, -0.2) is 4.79 Å². The van der Waals surface area contributed by atoms with Crippen LogP contribution in [0.2, 0.25) is 0 Å². The molecule has 0 aliphatic carbocycles. The van der Waals surface area contributed by atoms with Gasteiger partial charge in [0.1, 0.15) is 6.04 Å². The SMILES string of the molecule is CCOC(CN1C(=O)[C@@H](NC(=O)Nc2cccc(C)c2)c2ccccc21)OCC. The van der Waals surface area contributed by atoms with E-state index in [1.807, 2.05) is 63.2 Å². The molecule has 0 aromatic heterocycles. The molecular weight excluding hydrogens is 370 g/mol. The Kier molecular flexibility index (Phi) is 6.85. The molecule has 1 aliphatic rings. The molecule has 0 spiro atoms. The molecule has 3 amide bonds. The Bertz CT molecular complexity index is 865. The van der Waals surface area contributed by atoms with Gasteiger partial charge in [-0.3, -0.25) is 4.79 Å². The molecule has 0 saturated carbocycles. The maximum absolute atomic E-state index is 13.1. The maximum Gasteiger partial charge on any atom is 0.320 e. The van der Waals surface area contributed by atoms with Crippen molar-refractivity contribution in [3.8, 4) is 0 Å². The molecule has 0 bridgehead atoms. The third-order valence-electron chi connectivity index (χ3n) is 4.64. The van der Waals surface area contributed by atoms with E-state index in [0.717, 1.165) is 16.8 Å². The van der Waals surface area contributed by atoms with E-state index in [-0.39, 0.29) is 12.5 Å². The lowest BCUT2D eigenvalue weighted by atomic mass is 10.1. The summed E-state index contributed by atoms with van der Waals surface area (Å²) in [5.74, 6) is -0.213. The van der Waals surface area contributed by atoms with E-state index in [1.54, 1.807) is 11.0 Å². The number of aryl methyl sites for hydroxylation is 1. The number of nitrogens with zero attached hydrogens (tertiary/aromatic N) is 1. The van der Waals surface area contributed by atoms with Crippen LogP contribution in [0.3, 0.4) is 0 Å². The lowest BCUT2D eigenvalue weighted by Crippen LogP contribution is -2.43. The predicted molar refractivity (Wildman–Crippen MR) is 112 cm³/mol. The van der Waals surface area contributed by atoms with Gasteiger partial charge in [-0.05, 0) is 44.5 Å². The van der Waals surface area contributed by atoms with Gasteiger partial charge < -0.3 is 25.0 Å². The van der Waals surface area contributed by atoms with E-state index in [9.17, 15) is 9.59 Å². The summed E-state index contributed by atoms with van der Waals surface area (Å²) < 4.78 is 11.2. The topological polar surface area (TPSA) is 79.9 Å². The second kappa shape index (κ2) is 9.54. The zero-order valence-corrected chi connectivity index (χ0v) is 17.0. The van der Waals surface area contributed by atoms with Crippen molar-refractivity contribution >= 4 is 23.3 Å². The summed E-state index contributed by atoms with van der Waals surface area (Å²) in [6.07, 6.45) is -0.526. The lowest BCUT2D eigenvalue weighted by molar-refractivity contribution is -0.135. The second-order valence-corrected chi connectivity index (χ2v) is 6.75. The van der Waals surface area contributed by atoms with E-state index in [1.165, 1.54) is 0 Å². The molecule has 7 heteroatoms. The fraction of sp³-hybridized carbons (Fsp3) is 0.364. The van der Waals surface area contributed by atoms with Crippen molar-refractivity contribution in [1.82, 2.24) is 5.32 Å². The number of carbonyl (C=O) groups is 2. The Hall–Kier alpha value is -2.90. The molecule has 1 atom stereocenters. The van der Waals surface area contributed by atoms with E-state index in [0.29, 0.717) is 18.9 Å². The smallest absolute Gasteiger partial charge is 0.320 e. The molecule has 7 nitrogen and oxygen atoms in total. The average Bonchev–Trinajstić information content (AvgIpc) is 2.94. The van der Waals surface area contributed by atoms with Gasteiger partial charge in [0.2, 0.25) is 0 Å². The van der Waals surface area contributed by atoms with Crippen molar-refractivity contribution in [2.24, 2.45) is 0 Å². The summed E-state index contributed by atoms with van der Waals surface area (Å²) in [4.78, 5) is 27.3. The largest absolute Gasteiger partial charge is 0.351 e. The van der Waals surface area contributed by atoms with Gasteiger partial charge in [-0.2, -0.15) is 0 Å². The molecule has 0 radical (unpaired) electrons. The number of hydrogen-bond donors (Lipinski definition) is 2. The zero-order chi connectivity index (χ0) is 20.8. The van der Waals surface area contributed by atoms with Gasteiger partial charge in [-0.15, -0.1) is 0 Å². The Morgan fingerprint density at radius 2 is 1.83 bits per heavy atom. The van der Waals surface area contributed by atoms with Gasteiger partial charge in [0, 0.05) is 30.2 Å². The van der Waals surface area contributed by atoms with Crippen LogP contribution >= 0.6 is 0 Å². The maximum atomic E-state index is 13.1. The van der Waals surface area contributed by atoms with Gasteiger partial charge in [0.05, 0.1) is 6.54 Å². The Balaban J connectivity index is 1.75. The number of hydrogen-bond acceptors (Lipinski definition) is 4. The summed E-state index contributed by atoms with van der Waals surface area (Å²) in [7, 11) is 0. The molecule has 29 heavy (non-hydrogen) atoms. The summed E-state index contributed by atoms with van der Waals surface area (Å²) in [6.45, 7) is 6.93. The van der Waals surface area contributed by atoms with Crippen LogP contribution in [0.5, 0.6) is 0 Å². The molecule has 3 rings (SSSR count). The van der Waals surface area contributed by atoms with Crippen molar-refractivity contribution < 1.29 is 19.1 Å². The number of anilines is 2. The molecule has 2 aromatic rings. The highest BCUT2D eigenvalue weighted by Crippen LogP contribution is 2.36. The number of amides is 3. The van der Waals surface area contributed by atoms with Crippen LogP contribution in [-0.2, 0) is 14.3 Å². The van der Waals surface area contributed by atoms with Gasteiger partial charge >= 0.3 is 6.03 Å². The minimum atomic E-state index is -0.764. The normalized spacial score (nSPS) is 15.5. The van der Waals surface area contributed by atoms with Crippen molar-refractivity contribution in [3.63, 3.8) is 0 Å². The van der Waals surface area contributed by atoms with Crippen LogP contribution in [0, 0.1) is 6.92 Å². The Morgan fingerprint density at radius 3 is 2.52 bits per heavy atom. The summed E-state index contributed by atoms with van der Waals surface area (Å²) in [6, 6.07) is 13.7. The number of ether oxygens (including phenoxy) is 2. The summed E-state index contributed by atoms with van der Waals surface area (Å²) in [5.41, 5.74) is 3.21. The molecule has 0 unspecified atom stereocenters. The lowest BCUT2D eigenvalue weighted by Gasteiger charge is -2.24. The zero-order valence-electron chi connectivity index (χ0n) is 17.0. The molecule has 0 saturated heterocycles. The number of carbonyl (C=O) groups excluding carboxylic acids is 2. The number of para-hydroxylation sites is 1. The van der Waals surface area contributed by atoms with Crippen LogP contribution < -0.4 is 15.5 Å².